The van der Waals surface area contributed by atoms with Gasteiger partial charge in [-0.05, 0) is 42.0 Å². The topological polar surface area (TPSA) is 54.3 Å². The van der Waals surface area contributed by atoms with Crippen LogP contribution in [0.25, 0.3) is 10.9 Å². The molecule has 1 atom stereocenters. The van der Waals surface area contributed by atoms with Crippen molar-refractivity contribution in [2.45, 2.75) is 17.6 Å². The number of amides is 2. The van der Waals surface area contributed by atoms with Crippen LogP contribution in [0.15, 0.2) is 77.8 Å². The molecule has 0 spiro atoms. The fraction of sp³-hybridized carbons (Fsp3) is 0.154. The number of aromatic nitrogens is 1. The second kappa shape index (κ2) is 9.16. The highest BCUT2D eigenvalue weighted by atomic mass is 35.5. The van der Waals surface area contributed by atoms with E-state index in [1.165, 1.54) is 28.8 Å². The van der Waals surface area contributed by atoms with Gasteiger partial charge in [0, 0.05) is 40.8 Å². The summed E-state index contributed by atoms with van der Waals surface area (Å²) in [5.74, 6) is -0.660. The zero-order valence-electron chi connectivity index (χ0n) is 18.3. The molecule has 172 valence electrons. The fourth-order valence-corrected chi connectivity index (χ4v) is 5.62. The van der Waals surface area contributed by atoms with Gasteiger partial charge in [-0.1, -0.05) is 59.8 Å². The zero-order valence-corrected chi connectivity index (χ0v) is 19.9. The van der Waals surface area contributed by atoms with Crippen LogP contribution in [-0.2, 0) is 23.2 Å². The maximum Gasteiger partial charge on any atom is 0.248 e. The van der Waals surface area contributed by atoms with Gasteiger partial charge in [-0.2, -0.15) is 0 Å². The van der Waals surface area contributed by atoms with E-state index in [1.807, 2.05) is 35.9 Å². The van der Waals surface area contributed by atoms with E-state index >= 15 is 0 Å². The summed E-state index contributed by atoms with van der Waals surface area (Å²) >= 11 is 7.68. The molecule has 1 unspecified atom stereocenters. The average Bonchev–Trinajstić information content (AvgIpc) is 3.01. The molecule has 0 bridgehead atoms. The molecule has 4 aromatic rings. The molecular weight excluding hydrogens is 473 g/mol. The number of para-hydroxylation sites is 1. The molecule has 0 radical (unpaired) electrons. The van der Waals surface area contributed by atoms with Gasteiger partial charge in [-0.3, -0.25) is 14.5 Å². The van der Waals surface area contributed by atoms with Crippen molar-refractivity contribution >= 4 is 51.8 Å². The summed E-state index contributed by atoms with van der Waals surface area (Å²) in [7, 11) is 1.95. The molecule has 1 aliphatic rings. The molecule has 5 rings (SSSR count). The number of fused-ring (bicyclic) bond motifs is 3. The SMILES string of the molecule is Cn1c2c(c3ccccc31)C(C(=O)NCc1ccc(F)cc1)N(c1cccc(Cl)c1)C(=O)CS2. The number of hydrogen-bond acceptors (Lipinski definition) is 3. The first-order valence-electron chi connectivity index (χ1n) is 10.7. The lowest BCUT2D eigenvalue weighted by Gasteiger charge is -2.30. The van der Waals surface area contributed by atoms with Gasteiger partial charge in [0.25, 0.3) is 0 Å². The van der Waals surface area contributed by atoms with Gasteiger partial charge in [-0.25, -0.2) is 4.39 Å². The van der Waals surface area contributed by atoms with Crippen LogP contribution in [0.5, 0.6) is 0 Å². The molecule has 0 aliphatic carbocycles. The fourth-order valence-electron chi connectivity index (χ4n) is 4.37. The third-order valence-corrected chi connectivity index (χ3v) is 7.33. The minimum absolute atomic E-state index is 0.186. The highest BCUT2D eigenvalue weighted by Gasteiger charge is 2.39. The van der Waals surface area contributed by atoms with E-state index in [0.717, 1.165) is 27.1 Å². The second-order valence-electron chi connectivity index (χ2n) is 8.07. The Kier molecular flexibility index (Phi) is 6.06. The van der Waals surface area contributed by atoms with Crippen molar-refractivity contribution in [1.82, 2.24) is 9.88 Å². The standard InChI is InChI=1S/C26H21ClFN3O2S/c1-30-21-8-3-2-7-20(21)23-24(25(33)29-14-16-9-11-18(28)12-10-16)31(22(32)15-34-26(23)30)19-6-4-5-17(27)13-19/h2-13,24H,14-15H2,1H3,(H,29,33). The number of benzene rings is 3. The summed E-state index contributed by atoms with van der Waals surface area (Å²) in [5, 5.41) is 5.23. The Bertz CT molecular complexity index is 1400. The first-order chi connectivity index (χ1) is 16.4. The van der Waals surface area contributed by atoms with Crippen LogP contribution in [0.1, 0.15) is 17.2 Å². The first-order valence-corrected chi connectivity index (χ1v) is 12.1. The quantitative estimate of drug-likeness (QED) is 0.410. The van der Waals surface area contributed by atoms with E-state index in [1.54, 1.807) is 36.4 Å². The summed E-state index contributed by atoms with van der Waals surface area (Å²) in [6, 6.07) is 19.9. The lowest BCUT2D eigenvalue weighted by molar-refractivity contribution is -0.125. The highest BCUT2D eigenvalue weighted by Crippen LogP contribution is 2.43. The van der Waals surface area contributed by atoms with E-state index in [-0.39, 0.29) is 29.9 Å². The maximum atomic E-state index is 13.8. The molecule has 34 heavy (non-hydrogen) atoms. The number of thioether (sulfide) groups is 1. The summed E-state index contributed by atoms with van der Waals surface area (Å²) in [5.41, 5.74) is 3.08. The predicted octanol–water partition coefficient (Wildman–Crippen LogP) is 5.47. The molecule has 5 nitrogen and oxygen atoms in total. The van der Waals surface area contributed by atoms with Crippen LogP contribution in [0.2, 0.25) is 5.02 Å². The van der Waals surface area contributed by atoms with Gasteiger partial charge in [0.15, 0.2) is 0 Å². The predicted molar refractivity (Wildman–Crippen MR) is 134 cm³/mol. The van der Waals surface area contributed by atoms with Gasteiger partial charge in [0.05, 0.1) is 10.8 Å². The van der Waals surface area contributed by atoms with Crippen molar-refractivity contribution in [2.75, 3.05) is 10.7 Å². The molecule has 1 N–H and O–H groups in total. The first kappa shape index (κ1) is 22.5. The van der Waals surface area contributed by atoms with Gasteiger partial charge in [-0.15, -0.1) is 0 Å². The van der Waals surface area contributed by atoms with E-state index in [9.17, 15) is 14.0 Å². The molecule has 1 aromatic heterocycles. The molecule has 0 fully saturated rings. The Balaban J connectivity index is 1.63. The van der Waals surface area contributed by atoms with E-state index in [2.05, 4.69) is 5.32 Å². The van der Waals surface area contributed by atoms with Gasteiger partial charge in [0.2, 0.25) is 11.8 Å². The number of carbonyl (C=O) groups is 2. The minimum Gasteiger partial charge on any atom is -0.350 e. The number of aryl methyl sites for hydroxylation is 1. The molecule has 0 saturated heterocycles. The summed E-state index contributed by atoms with van der Waals surface area (Å²) in [6.07, 6.45) is 0. The van der Waals surface area contributed by atoms with Crippen LogP contribution in [-0.4, -0.2) is 22.1 Å². The Morgan fingerprint density at radius 1 is 1.12 bits per heavy atom. The molecule has 0 saturated carbocycles. The van der Waals surface area contributed by atoms with Crippen molar-refractivity contribution in [3.63, 3.8) is 0 Å². The third-order valence-electron chi connectivity index (χ3n) is 5.94. The highest BCUT2D eigenvalue weighted by molar-refractivity contribution is 8.00. The van der Waals surface area contributed by atoms with Gasteiger partial charge >= 0.3 is 0 Å². The maximum absolute atomic E-state index is 13.8. The third kappa shape index (κ3) is 4.06. The monoisotopic (exact) mass is 493 g/mol. The van der Waals surface area contributed by atoms with Crippen LogP contribution in [0.4, 0.5) is 10.1 Å². The number of rotatable bonds is 4. The van der Waals surface area contributed by atoms with Crippen LogP contribution >= 0.6 is 23.4 Å². The zero-order chi connectivity index (χ0) is 23.8. The summed E-state index contributed by atoms with van der Waals surface area (Å²) in [4.78, 5) is 28.7. The number of halogens is 2. The molecular formula is C26H21ClFN3O2S. The van der Waals surface area contributed by atoms with Crippen LogP contribution < -0.4 is 10.2 Å². The molecule has 2 heterocycles. The van der Waals surface area contributed by atoms with E-state index in [0.29, 0.717) is 10.7 Å². The summed E-state index contributed by atoms with van der Waals surface area (Å²) in [6.45, 7) is 0.209. The van der Waals surface area contributed by atoms with E-state index in [4.69, 9.17) is 11.6 Å². The molecule has 8 heteroatoms. The van der Waals surface area contributed by atoms with Crippen molar-refractivity contribution in [3.8, 4) is 0 Å². The molecule has 3 aromatic carbocycles. The largest absolute Gasteiger partial charge is 0.350 e. The lowest BCUT2D eigenvalue weighted by atomic mass is 10.0. The second-order valence-corrected chi connectivity index (χ2v) is 9.47. The van der Waals surface area contributed by atoms with Crippen molar-refractivity contribution < 1.29 is 14.0 Å². The normalized spacial score (nSPS) is 15.8. The number of nitrogens with zero attached hydrogens (tertiary/aromatic N) is 2. The Hall–Kier alpha value is -3.29. The van der Waals surface area contributed by atoms with Crippen molar-refractivity contribution in [1.29, 1.82) is 0 Å². The number of carbonyl (C=O) groups excluding carboxylic acids is 2. The average molecular weight is 494 g/mol. The summed E-state index contributed by atoms with van der Waals surface area (Å²) < 4.78 is 15.3. The Morgan fingerprint density at radius 3 is 2.65 bits per heavy atom. The Morgan fingerprint density at radius 2 is 1.88 bits per heavy atom. The van der Waals surface area contributed by atoms with Crippen molar-refractivity contribution in [3.05, 3.63) is 94.8 Å². The molecule has 1 aliphatic heterocycles. The minimum atomic E-state index is -0.900. The van der Waals surface area contributed by atoms with Gasteiger partial charge in [0.1, 0.15) is 11.9 Å². The number of anilines is 1. The van der Waals surface area contributed by atoms with E-state index < -0.39 is 6.04 Å². The van der Waals surface area contributed by atoms with Gasteiger partial charge < -0.3 is 9.88 Å². The van der Waals surface area contributed by atoms with Crippen molar-refractivity contribution in [2.24, 2.45) is 7.05 Å². The Labute approximate surface area is 205 Å². The number of nitrogens with one attached hydrogen (secondary N) is 1. The van der Waals surface area contributed by atoms with Crippen LogP contribution in [0, 0.1) is 5.82 Å². The van der Waals surface area contributed by atoms with Crippen LogP contribution in [0.3, 0.4) is 0 Å². The smallest absolute Gasteiger partial charge is 0.248 e. The molecule has 2 amide bonds. The lowest BCUT2D eigenvalue weighted by Crippen LogP contribution is -2.43. The number of hydrogen-bond donors (Lipinski definition) is 1.